The van der Waals surface area contributed by atoms with Gasteiger partial charge in [0.1, 0.15) is 34.4 Å². The van der Waals surface area contributed by atoms with Gasteiger partial charge in [-0.15, -0.1) is 0 Å². The van der Waals surface area contributed by atoms with Crippen LogP contribution in [0.2, 0.25) is 0 Å². The van der Waals surface area contributed by atoms with Crippen LogP contribution < -0.4 is 19.3 Å². The molecule has 12 heteroatoms. The number of benzene rings is 3. The monoisotopic (exact) mass is 551 g/mol. The fourth-order valence-corrected chi connectivity index (χ4v) is 3.89. The highest BCUT2D eigenvalue weighted by molar-refractivity contribution is 6.03. The summed E-state index contributed by atoms with van der Waals surface area (Å²) in [5.74, 6) is 0.0553. The zero-order chi connectivity index (χ0) is 28.4. The highest BCUT2D eigenvalue weighted by atomic mass is 19.4. The van der Waals surface area contributed by atoms with E-state index < -0.39 is 29.3 Å². The van der Waals surface area contributed by atoms with Gasteiger partial charge >= 0.3 is 12.2 Å². The number of hydrogen-bond acceptors (Lipinski definition) is 5. The van der Waals surface area contributed by atoms with Gasteiger partial charge in [0.25, 0.3) is 0 Å². The summed E-state index contributed by atoms with van der Waals surface area (Å²) in [7, 11) is 2.87. The Labute approximate surface area is 225 Å². The summed E-state index contributed by atoms with van der Waals surface area (Å²) in [5.41, 5.74) is -0.0238. The lowest BCUT2D eigenvalue weighted by Gasteiger charge is -2.26. The second-order valence-corrected chi connectivity index (χ2v) is 8.67. The molecule has 0 radical (unpaired) electrons. The van der Waals surface area contributed by atoms with Gasteiger partial charge in [-0.05, 0) is 72.8 Å². The number of nitrogens with one attached hydrogen (secondary N) is 1. The van der Waals surface area contributed by atoms with Gasteiger partial charge < -0.3 is 9.47 Å². The molecule has 204 valence electrons. The molecule has 2 heterocycles. The molecule has 3 aromatic carbocycles. The molecule has 2 aromatic heterocycles. The molecular weight excluding hydrogens is 530 g/mol. The Hall–Kier alpha value is -5.13. The lowest BCUT2D eigenvalue weighted by molar-refractivity contribution is -0.138. The highest BCUT2D eigenvalue weighted by Gasteiger charge is 2.35. The topological polar surface area (TPSA) is 83.6 Å². The minimum Gasteiger partial charge on any atom is -0.457 e. The molecule has 0 saturated heterocycles. The van der Waals surface area contributed by atoms with E-state index in [4.69, 9.17) is 9.47 Å². The molecule has 1 N–H and O–H groups in total. The average Bonchev–Trinajstić information content (AvgIpc) is 3.43. The minimum atomic E-state index is -4.77. The normalized spacial score (nSPS) is 11.3. The van der Waals surface area contributed by atoms with Gasteiger partial charge in [0.05, 0.1) is 11.6 Å². The lowest BCUT2D eigenvalue weighted by Crippen LogP contribution is -2.39. The molecule has 0 aliphatic rings. The Morgan fingerprint density at radius 2 is 1.43 bits per heavy atom. The summed E-state index contributed by atoms with van der Waals surface area (Å²) in [4.78, 5) is 19.7. The summed E-state index contributed by atoms with van der Waals surface area (Å²) in [6.07, 6.45) is -1.59. The third-order valence-corrected chi connectivity index (χ3v) is 6.04. The van der Waals surface area contributed by atoms with Gasteiger partial charge in [-0.3, -0.25) is 14.9 Å². The number of H-pyrrole nitrogens is 1. The number of nitrogens with zero attached hydrogens (tertiary/aromatic N) is 4. The maximum absolute atomic E-state index is 13.9. The third kappa shape index (κ3) is 5.51. The number of hydrogen-bond donors (Lipinski definition) is 1. The SMILES string of the molecule is CN(C(=O)N(C)c1ccc(Oc2ccc(F)cc2)c(C(F)(F)F)c1)c1ccc(Oc2ccnc3[nH]ncc23)cc1. The molecule has 0 fully saturated rings. The Morgan fingerprint density at radius 1 is 0.825 bits per heavy atom. The predicted molar refractivity (Wildman–Crippen MR) is 141 cm³/mol. The number of carbonyl (C=O) groups excluding carboxylic acids is 1. The van der Waals surface area contributed by atoms with E-state index in [1.54, 1.807) is 42.7 Å². The Balaban J connectivity index is 1.32. The number of carbonyl (C=O) groups is 1. The fourth-order valence-electron chi connectivity index (χ4n) is 3.89. The predicted octanol–water partition coefficient (Wildman–Crippen LogP) is 7.39. The number of anilines is 2. The van der Waals surface area contributed by atoms with Gasteiger partial charge in [0, 0.05) is 31.7 Å². The molecule has 0 atom stereocenters. The van der Waals surface area contributed by atoms with Crippen LogP contribution in [0.1, 0.15) is 5.56 Å². The second kappa shape index (κ2) is 10.6. The van der Waals surface area contributed by atoms with Crippen LogP contribution in [0.3, 0.4) is 0 Å². The van der Waals surface area contributed by atoms with Gasteiger partial charge in [-0.1, -0.05) is 0 Å². The molecule has 2 amide bonds. The molecule has 0 spiro atoms. The Kier molecular flexibility index (Phi) is 6.99. The van der Waals surface area contributed by atoms with Gasteiger partial charge in [0.15, 0.2) is 5.65 Å². The van der Waals surface area contributed by atoms with E-state index in [-0.39, 0.29) is 11.4 Å². The van der Waals surface area contributed by atoms with E-state index in [0.29, 0.717) is 28.2 Å². The Morgan fingerprint density at radius 3 is 2.10 bits per heavy atom. The first-order chi connectivity index (χ1) is 19.1. The van der Waals surface area contributed by atoms with E-state index in [0.717, 1.165) is 29.2 Å². The van der Waals surface area contributed by atoms with Crippen molar-refractivity contribution in [1.29, 1.82) is 0 Å². The zero-order valence-corrected chi connectivity index (χ0v) is 21.1. The average molecular weight is 552 g/mol. The number of urea groups is 1. The van der Waals surface area contributed by atoms with Crippen molar-refractivity contribution < 1.29 is 31.8 Å². The van der Waals surface area contributed by atoms with E-state index in [1.165, 1.54) is 37.2 Å². The largest absolute Gasteiger partial charge is 0.457 e. The number of rotatable bonds is 6. The number of ether oxygens (including phenoxy) is 2. The number of aromatic amines is 1. The van der Waals surface area contributed by atoms with Crippen molar-refractivity contribution in [3.63, 3.8) is 0 Å². The molecule has 0 bridgehead atoms. The number of fused-ring (bicyclic) bond motifs is 1. The molecule has 5 rings (SSSR count). The van der Waals surface area contributed by atoms with Crippen molar-refractivity contribution in [2.45, 2.75) is 6.18 Å². The molecule has 0 aliphatic carbocycles. The summed E-state index contributed by atoms with van der Waals surface area (Å²) in [6.45, 7) is 0. The number of aromatic nitrogens is 3. The number of pyridine rings is 1. The Bertz CT molecular complexity index is 1650. The summed E-state index contributed by atoms with van der Waals surface area (Å²) in [6, 6.07) is 15.6. The second-order valence-electron chi connectivity index (χ2n) is 8.67. The first-order valence-corrected chi connectivity index (χ1v) is 11.8. The minimum absolute atomic E-state index is 0.00241. The number of amides is 2. The van der Waals surface area contributed by atoms with Crippen molar-refractivity contribution in [2.75, 3.05) is 23.9 Å². The van der Waals surface area contributed by atoms with Crippen LogP contribution >= 0.6 is 0 Å². The first kappa shape index (κ1) is 26.5. The first-order valence-electron chi connectivity index (χ1n) is 11.8. The van der Waals surface area contributed by atoms with Crippen LogP contribution in [0.15, 0.2) is 85.2 Å². The molecule has 0 unspecified atom stereocenters. The molecule has 0 saturated carbocycles. The highest BCUT2D eigenvalue weighted by Crippen LogP contribution is 2.40. The maximum Gasteiger partial charge on any atom is 0.420 e. The standard InChI is InChI=1S/C28H21F4N5O3/c1-36(18-5-10-21(11-6-18)39-24-13-14-33-26-22(24)16-34-35-26)27(38)37(2)19-7-12-25(23(15-19)28(30,31)32)40-20-8-3-17(29)4-9-20/h3-16H,1-2H3,(H,33,34,35). The quantitative estimate of drug-likeness (QED) is 0.223. The zero-order valence-electron chi connectivity index (χ0n) is 21.1. The fraction of sp³-hybridized carbons (Fsp3) is 0.107. The smallest absolute Gasteiger partial charge is 0.420 e. The summed E-state index contributed by atoms with van der Waals surface area (Å²) >= 11 is 0. The van der Waals surface area contributed by atoms with Gasteiger partial charge in [-0.2, -0.15) is 18.3 Å². The molecule has 5 aromatic rings. The van der Waals surface area contributed by atoms with Crippen LogP contribution in [0.4, 0.5) is 33.7 Å². The summed E-state index contributed by atoms with van der Waals surface area (Å²) < 4.78 is 66.0. The van der Waals surface area contributed by atoms with Gasteiger partial charge in [-0.25, -0.2) is 14.2 Å². The van der Waals surface area contributed by atoms with Crippen LogP contribution in [0.5, 0.6) is 23.0 Å². The van der Waals surface area contributed by atoms with Gasteiger partial charge in [0.2, 0.25) is 0 Å². The van der Waals surface area contributed by atoms with Crippen molar-refractivity contribution >= 4 is 28.4 Å². The molecule has 8 nitrogen and oxygen atoms in total. The van der Waals surface area contributed by atoms with Crippen LogP contribution in [0, 0.1) is 5.82 Å². The van der Waals surface area contributed by atoms with Crippen LogP contribution in [0.25, 0.3) is 11.0 Å². The lowest BCUT2D eigenvalue weighted by atomic mass is 10.1. The maximum atomic E-state index is 13.9. The van der Waals surface area contributed by atoms with Crippen molar-refractivity contribution in [2.24, 2.45) is 0 Å². The van der Waals surface area contributed by atoms with E-state index in [2.05, 4.69) is 15.2 Å². The van der Waals surface area contributed by atoms with Crippen molar-refractivity contribution in [3.05, 3.63) is 96.6 Å². The number of alkyl halides is 3. The summed E-state index contributed by atoms with van der Waals surface area (Å²) in [5, 5.41) is 7.41. The van der Waals surface area contributed by atoms with Crippen molar-refractivity contribution in [3.8, 4) is 23.0 Å². The van der Waals surface area contributed by atoms with E-state index >= 15 is 0 Å². The molecule has 40 heavy (non-hydrogen) atoms. The molecular formula is C28H21F4N5O3. The van der Waals surface area contributed by atoms with Crippen LogP contribution in [-0.2, 0) is 6.18 Å². The van der Waals surface area contributed by atoms with E-state index in [1.807, 2.05) is 0 Å². The third-order valence-electron chi connectivity index (χ3n) is 6.04. The molecule has 0 aliphatic heterocycles. The van der Waals surface area contributed by atoms with Crippen molar-refractivity contribution in [1.82, 2.24) is 15.2 Å². The number of halogens is 4. The van der Waals surface area contributed by atoms with E-state index in [9.17, 15) is 22.4 Å². The van der Waals surface area contributed by atoms with Crippen LogP contribution in [-0.4, -0.2) is 35.3 Å².